The van der Waals surface area contributed by atoms with Gasteiger partial charge in [-0.2, -0.15) is 0 Å². The summed E-state index contributed by atoms with van der Waals surface area (Å²) in [5.74, 6) is -0.0289. The quantitative estimate of drug-likeness (QED) is 0.853. The zero-order chi connectivity index (χ0) is 18.9. The van der Waals surface area contributed by atoms with E-state index < -0.39 is 10.0 Å². The third-order valence-electron chi connectivity index (χ3n) is 4.34. The van der Waals surface area contributed by atoms with Crippen molar-refractivity contribution < 1.29 is 17.7 Å². The van der Waals surface area contributed by atoms with Crippen LogP contribution in [0, 0.1) is 13.8 Å². The number of carbonyl (C=O) groups excluding carboxylic acids is 1. The van der Waals surface area contributed by atoms with Crippen LogP contribution in [0.4, 0.5) is 5.69 Å². The maximum Gasteiger partial charge on any atom is 0.267 e. The highest BCUT2D eigenvalue weighted by atomic mass is 35.5. The number of aryl methyl sites for hydroxylation is 2. The number of aromatic nitrogens is 1. The highest BCUT2D eigenvalue weighted by molar-refractivity contribution is 7.92. The standard InChI is InChI=1S/C17H20ClN3O4S/c1-11-16(12(2)25-19-11)26(23,24)20-15-10-13(18)6-7-14(15)17(22)21-8-4-3-5-9-21/h6-7,10,20H,3-5,8-9H2,1-2H3. The van der Waals surface area contributed by atoms with Crippen LogP contribution >= 0.6 is 11.6 Å². The van der Waals surface area contributed by atoms with Gasteiger partial charge in [0, 0.05) is 18.1 Å². The van der Waals surface area contributed by atoms with Crippen LogP contribution in [0.2, 0.25) is 5.02 Å². The molecule has 1 aliphatic heterocycles. The number of nitrogens with zero attached hydrogens (tertiary/aromatic N) is 2. The molecule has 0 saturated carbocycles. The van der Waals surface area contributed by atoms with E-state index in [1.54, 1.807) is 24.0 Å². The molecule has 1 aromatic heterocycles. The average molecular weight is 398 g/mol. The van der Waals surface area contributed by atoms with Gasteiger partial charge in [-0.15, -0.1) is 0 Å². The first-order valence-corrected chi connectivity index (χ1v) is 10.2. The lowest BCUT2D eigenvalue weighted by atomic mass is 10.1. The topological polar surface area (TPSA) is 92.5 Å². The van der Waals surface area contributed by atoms with Crippen LogP contribution in [0.25, 0.3) is 0 Å². The number of amides is 1. The van der Waals surface area contributed by atoms with Crippen LogP contribution in [0.1, 0.15) is 41.1 Å². The van der Waals surface area contributed by atoms with Gasteiger partial charge < -0.3 is 9.42 Å². The first kappa shape index (κ1) is 18.7. The van der Waals surface area contributed by atoms with Gasteiger partial charge >= 0.3 is 0 Å². The molecule has 1 N–H and O–H groups in total. The number of hydrogen-bond donors (Lipinski definition) is 1. The normalized spacial score (nSPS) is 15.1. The molecule has 26 heavy (non-hydrogen) atoms. The molecule has 7 nitrogen and oxygen atoms in total. The maximum atomic E-state index is 12.9. The van der Waals surface area contributed by atoms with Crippen molar-refractivity contribution in [3.05, 3.63) is 40.2 Å². The molecule has 1 saturated heterocycles. The van der Waals surface area contributed by atoms with E-state index in [0.717, 1.165) is 19.3 Å². The lowest BCUT2D eigenvalue weighted by molar-refractivity contribution is 0.0725. The largest absolute Gasteiger partial charge is 0.360 e. The van der Waals surface area contributed by atoms with Gasteiger partial charge in [0.25, 0.3) is 15.9 Å². The van der Waals surface area contributed by atoms with Crippen molar-refractivity contribution in [1.29, 1.82) is 0 Å². The molecule has 9 heteroatoms. The zero-order valence-electron chi connectivity index (χ0n) is 14.6. The van der Waals surface area contributed by atoms with E-state index >= 15 is 0 Å². The van der Waals surface area contributed by atoms with E-state index in [1.807, 2.05) is 0 Å². The molecular formula is C17H20ClN3O4S. The van der Waals surface area contributed by atoms with E-state index in [-0.39, 0.29) is 33.5 Å². The predicted octanol–water partition coefficient (Wildman–Crippen LogP) is 3.37. The highest BCUT2D eigenvalue weighted by Gasteiger charge is 2.27. The van der Waals surface area contributed by atoms with Gasteiger partial charge in [-0.05, 0) is 51.3 Å². The van der Waals surface area contributed by atoms with E-state index in [0.29, 0.717) is 18.1 Å². The molecule has 1 aliphatic rings. The lowest BCUT2D eigenvalue weighted by Gasteiger charge is -2.27. The molecule has 2 heterocycles. The van der Waals surface area contributed by atoms with Crippen LogP contribution in [0.3, 0.4) is 0 Å². The summed E-state index contributed by atoms with van der Waals surface area (Å²) in [5.41, 5.74) is 0.667. The Morgan fingerprint density at radius 2 is 1.92 bits per heavy atom. The number of anilines is 1. The molecule has 2 aromatic rings. The van der Waals surface area contributed by atoms with Gasteiger partial charge in [0.2, 0.25) is 0 Å². The number of halogens is 1. The van der Waals surface area contributed by atoms with Crippen molar-refractivity contribution >= 4 is 33.2 Å². The fourth-order valence-electron chi connectivity index (χ4n) is 3.11. The molecule has 1 aromatic carbocycles. The van der Waals surface area contributed by atoms with Gasteiger partial charge in [0.15, 0.2) is 10.7 Å². The number of piperidine rings is 1. The second-order valence-electron chi connectivity index (χ2n) is 6.30. The summed E-state index contributed by atoms with van der Waals surface area (Å²) in [4.78, 5) is 14.6. The third kappa shape index (κ3) is 3.71. The monoisotopic (exact) mass is 397 g/mol. The molecule has 0 aliphatic carbocycles. The minimum Gasteiger partial charge on any atom is -0.360 e. The van der Waals surface area contributed by atoms with Crippen molar-refractivity contribution in [2.24, 2.45) is 0 Å². The van der Waals surface area contributed by atoms with E-state index in [9.17, 15) is 13.2 Å². The zero-order valence-corrected chi connectivity index (χ0v) is 16.2. The Bertz CT molecular complexity index is 914. The second-order valence-corrected chi connectivity index (χ2v) is 8.36. The number of rotatable bonds is 4. The first-order chi connectivity index (χ1) is 12.3. The van der Waals surface area contributed by atoms with Crippen LogP contribution in [0.15, 0.2) is 27.6 Å². The summed E-state index contributed by atoms with van der Waals surface area (Å²) in [6, 6.07) is 4.56. The molecule has 0 radical (unpaired) electrons. The predicted molar refractivity (Wildman–Crippen MR) is 98.0 cm³/mol. The Labute approximate surface area is 157 Å². The number of carbonyl (C=O) groups is 1. The van der Waals surface area contributed by atoms with E-state index in [1.165, 1.54) is 13.0 Å². The Kier molecular flexibility index (Phi) is 5.24. The number of likely N-dealkylation sites (tertiary alicyclic amines) is 1. The minimum atomic E-state index is -3.97. The van der Waals surface area contributed by atoms with Gasteiger partial charge in [0.05, 0.1) is 11.3 Å². The summed E-state index contributed by atoms with van der Waals surface area (Å²) >= 11 is 6.03. The molecule has 1 fully saturated rings. The Balaban J connectivity index is 1.97. The van der Waals surface area contributed by atoms with Crippen LogP contribution < -0.4 is 4.72 Å². The molecule has 140 valence electrons. The molecule has 3 rings (SSSR count). The van der Waals surface area contributed by atoms with Gasteiger partial charge in [-0.25, -0.2) is 8.42 Å². The molecular weight excluding hydrogens is 378 g/mol. The molecule has 0 bridgehead atoms. The van der Waals surface area contributed by atoms with Crippen molar-refractivity contribution in [2.75, 3.05) is 17.8 Å². The van der Waals surface area contributed by atoms with Crippen molar-refractivity contribution in [1.82, 2.24) is 10.1 Å². The van der Waals surface area contributed by atoms with Crippen molar-refractivity contribution in [3.8, 4) is 0 Å². The summed E-state index contributed by atoms with van der Waals surface area (Å²) in [7, 11) is -3.97. The number of sulfonamides is 1. The summed E-state index contributed by atoms with van der Waals surface area (Å²) in [6.07, 6.45) is 2.98. The fourth-order valence-corrected chi connectivity index (χ4v) is 4.68. The van der Waals surface area contributed by atoms with Gasteiger partial charge in [-0.1, -0.05) is 16.8 Å². The Morgan fingerprint density at radius 3 is 2.54 bits per heavy atom. The molecule has 0 spiro atoms. The Morgan fingerprint density at radius 1 is 1.23 bits per heavy atom. The van der Waals surface area contributed by atoms with E-state index in [4.69, 9.17) is 16.1 Å². The minimum absolute atomic E-state index is 0.0335. The SMILES string of the molecule is Cc1noc(C)c1S(=O)(=O)Nc1cc(Cl)ccc1C(=O)N1CCCCC1. The van der Waals surface area contributed by atoms with Gasteiger partial charge in [-0.3, -0.25) is 9.52 Å². The molecule has 1 amide bonds. The fraction of sp³-hybridized carbons (Fsp3) is 0.412. The lowest BCUT2D eigenvalue weighted by Crippen LogP contribution is -2.36. The number of nitrogens with one attached hydrogen (secondary N) is 1. The maximum absolute atomic E-state index is 12.9. The number of hydrogen-bond acceptors (Lipinski definition) is 5. The summed E-state index contributed by atoms with van der Waals surface area (Å²) in [6.45, 7) is 4.39. The number of benzene rings is 1. The van der Waals surface area contributed by atoms with Crippen molar-refractivity contribution in [3.63, 3.8) is 0 Å². The Hall–Kier alpha value is -2.06. The summed E-state index contributed by atoms with van der Waals surface area (Å²) in [5, 5.41) is 4.01. The van der Waals surface area contributed by atoms with Crippen LogP contribution in [-0.2, 0) is 10.0 Å². The molecule has 0 atom stereocenters. The second kappa shape index (κ2) is 7.28. The highest BCUT2D eigenvalue weighted by Crippen LogP contribution is 2.28. The summed E-state index contributed by atoms with van der Waals surface area (Å²) < 4.78 is 33.0. The van der Waals surface area contributed by atoms with Gasteiger partial charge in [0.1, 0.15) is 5.69 Å². The smallest absolute Gasteiger partial charge is 0.267 e. The third-order valence-corrected chi connectivity index (χ3v) is 6.18. The van der Waals surface area contributed by atoms with Crippen molar-refractivity contribution in [2.45, 2.75) is 38.0 Å². The van der Waals surface area contributed by atoms with Crippen LogP contribution in [-0.4, -0.2) is 37.5 Å². The average Bonchev–Trinajstić information content (AvgIpc) is 2.94. The molecule has 0 unspecified atom stereocenters. The van der Waals surface area contributed by atoms with E-state index in [2.05, 4.69) is 9.88 Å². The van der Waals surface area contributed by atoms with Crippen LogP contribution in [0.5, 0.6) is 0 Å². The first-order valence-electron chi connectivity index (χ1n) is 8.34.